The van der Waals surface area contributed by atoms with Gasteiger partial charge in [0.15, 0.2) is 0 Å². The van der Waals surface area contributed by atoms with Crippen molar-refractivity contribution in [2.45, 2.75) is 13.5 Å². The van der Waals surface area contributed by atoms with Gasteiger partial charge in [-0.25, -0.2) is 0 Å². The molecular weight excluding hydrogens is 274 g/mol. The summed E-state index contributed by atoms with van der Waals surface area (Å²) in [4.78, 5) is 26.5. The average molecular weight is 289 g/mol. The first-order valence-electron chi connectivity index (χ1n) is 6.14. The number of hydrogen-bond donors (Lipinski definition) is 2. The number of pyridine rings is 1. The van der Waals surface area contributed by atoms with Crippen molar-refractivity contribution >= 4 is 23.2 Å². The number of carbonyl (C=O) groups excluding carboxylic acids is 2. The first-order valence-corrected chi connectivity index (χ1v) is 7.08. The van der Waals surface area contributed by atoms with Crippen molar-refractivity contribution in [3.8, 4) is 11.3 Å². The second-order valence-electron chi connectivity index (χ2n) is 4.25. The lowest BCUT2D eigenvalue weighted by molar-refractivity contribution is -0.125. The highest BCUT2D eigenvalue weighted by molar-refractivity contribution is 7.08. The Bertz CT molecular complexity index is 596. The highest BCUT2D eigenvalue weighted by Crippen LogP contribution is 2.20. The van der Waals surface area contributed by atoms with Crippen LogP contribution in [0.3, 0.4) is 0 Å². The quantitative estimate of drug-likeness (QED) is 0.877. The van der Waals surface area contributed by atoms with Gasteiger partial charge < -0.3 is 10.6 Å². The van der Waals surface area contributed by atoms with Gasteiger partial charge in [-0.2, -0.15) is 11.3 Å². The fraction of sp³-hybridized carbons (Fsp3) is 0.214. The molecule has 0 aromatic carbocycles. The maximum atomic E-state index is 11.5. The zero-order valence-electron chi connectivity index (χ0n) is 11.1. The molecule has 0 radical (unpaired) electrons. The average Bonchev–Trinajstić information content (AvgIpc) is 2.97. The van der Waals surface area contributed by atoms with E-state index in [9.17, 15) is 9.59 Å². The van der Waals surface area contributed by atoms with Crippen molar-refractivity contribution in [1.29, 1.82) is 0 Å². The summed E-state index contributed by atoms with van der Waals surface area (Å²) in [5.41, 5.74) is 2.93. The number of rotatable bonds is 5. The van der Waals surface area contributed by atoms with Gasteiger partial charge in [0.2, 0.25) is 11.8 Å². The minimum absolute atomic E-state index is 0.00218. The van der Waals surface area contributed by atoms with E-state index >= 15 is 0 Å². The minimum Gasteiger partial charge on any atom is -0.350 e. The van der Waals surface area contributed by atoms with E-state index in [4.69, 9.17) is 0 Å². The van der Waals surface area contributed by atoms with Crippen molar-refractivity contribution in [1.82, 2.24) is 15.6 Å². The monoisotopic (exact) mass is 289 g/mol. The van der Waals surface area contributed by atoms with Gasteiger partial charge in [0.05, 0.1) is 12.2 Å². The predicted molar refractivity (Wildman–Crippen MR) is 78.1 cm³/mol. The van der Waals surface area contributed by atoms with E-state index in [0.29, 0.717) is 6.54 Å². The molecule has 2 amide bonds. The Labute approximate surface area is 121 Å². The van der Waals surface area contributed by atoms with Crippen molar-refractivity contribution in [3.63, 3.8) is 0 Å². The van der Waals surface area contributed by atoms with Gasteiger partial charge in [0.1, 0.15) is 0 Å². The molecule has 20 heavy (non-hydrogen) atoms. The molecule has 0 bridgehead atoms. The number of nitrogens with zero attached hydrogens (tertiary/aromatic N) is 1. The molecule has 0 saturated carbocycles. The van der Waals surface area contributed by atoms with Crippen LogP contribution in [0.25, 0.3) is 11.3 Å². The third-order valence-electron chi connectivity index (χ3n) is 2.63. The molecule has 0 saturated heterocycles. The van der Waals surface area contributed by atoms with E-state index in [1.165, 1.54) is 6.92 Å². The summed E-state index contributed by atoms with van der Waals surface area (Å²) < 4.78 is 0. The summed E-state index contributed by atoms with van der Waals surface area (Å²) in [6.07, 6.45) is 1.72. The molecule has 0 unspecified atom stereocenters. The largest absolute Gasteiger partial charge is 0.350 e. The van der Waals surface area contributed by atoms with Gasteiger partial charge in [-0.1, -0.05) is 0 Å². The summed E-state index contributed by atoms with van der Waals surface area (Å²) in [6.45, 7) is 1.79. The summed E-state index contributed by atoms with van der Waals surface area (Å²) in [6, 6.07) is 5.81. The first kappa shape index (κ1) is 14.2. The van der Waals surface area contributed by atoms with E-state index in [0.717, 1.165) is 16.8 Å². The maximum Gasteiger partial charge on any atom is 0.239 e. The normalized spacial score (nSPS) is 10.1. The Morgan fingerprint density at radius 3 is 2.85 bits per heavy atom. The molecule has 2 heterocycles. The first-order chi connectivity index (χ1) is 9.65. The van der Waals surface area contributed by atoms with Gasteiger partial charge in [0, 0.05) is 30.6 Å². The van der Waals surface area contributed by atoms with Crippen molar-refractivity contribution < 1.29 is 9.59 Å². The van der Waals surface area contributed by atoms with Crippen LogP contribution in [-0.4, -0.2) is 23.3 Å². The van der Waals surface area contributed by atoms with Crippen molar-refractivity contribution in [2.24, 2.45) is 0 Å². The van der Waals surface area contributed by atoms with E-state index in [-0.39, 0.29) is 18.4 Å². The number of aromatic nitrogens is 1. The minimum atomic E-state index is -0.219. The molecule has 104 valence electrons. The summed E-state index contributed by atoms with van der Waals surface area (Å²) >= 11 is 1.62. The Morgan fingerprint density at radius 2 is 2.15 bits per heavy atom. The van der Waals surface area contributed by atoms with Crippen LogP contribution >= 0.6 is 11.3 Å². The zero-order chi connectivity index (χ0) is 14.4. The molecule has 0 spiro atoms. The highest BCUT2D eigenvalue weighted by atomic mass is 32.1. The third kappa shape index (κ3) is 4.17. The third-order valence-corrected chi connectivity index (χ3v) is 3.31. The van der Waals surface area contributed by atoms with Crippen molar-refractivity contribution in [3.05, 3.63) is 40.7 Å². The van der Waals surface area contributed by atoms with Crippen LogP contribution in [0.15, 0.2) is 35.2 Å². The summed E-state index contributed by atoms with van der Waals surface area (Å²) in [5, 5.41) is 9.23. The topological polar surface area (TPSA) is 71.1 Å². The van der Waals surface area contributed by atoms with Crippen molar-refractivity contribution in [2.75, 3.05) is 6.54 Å². The van der Waals surface area contributed by atoms with E-state index in [1.807, 2.05) is 29.0 Å². The van der Waals surface area contributed by atoms with Gasteiger partial charge in [-0.15, -0.1) is 0 Å². The number of amides is 2. The Morgan fingerprint density at radius 1 is 1.30 bits per heavy atom. The molecule has 2 aromatic heterocycles. The molecular formula is C14H15N3O2S. The lowest BCUT2D eigenvalue weighted by Crippen LogP contribution is -2.35. The predicted octanol–water partition coefficient (Wildman–Crippen LogP) is 1.56. The molecule has 0 aliphatic heterocycles. The van der Waals surface area contributed by atoms with Crippen LogP contribution in [0, 0.1) is 0 Å². The van der Waals surface area contributed by atoms with Crippen LogP contribution in [-0.2, 0) is 16.1 Å². The molecule has 2 rings (SSSR count). The van der Waals surface area contributed by atoms with Crippen LogP contribution in [0.2, 0.25) is 0 Å². The molecule has 2 N–H and O–H groups in total. The number of hydrogen-bond acceptors (Lipinski definition) is 4. The van der Waals surface area contributed by atoms with Gasteiger partial charge >= 0.3 is 0 Å². The lowest BCUT2D eigenvalue weighted by atomic mass is 10.1. The zero-order valence-corrected chi connectivity index (χ0v) is 11.9. The summed E-state index contributed by atoms with van der Waals surface area (Å²) in [7, 11) is 0. The molecule has 0 atom stereocenters. The van der Waals surface area contributed by atoms with Crippen LogP contribution in [0.5, 0.6) is 0 Å². The number of nitrogens with one attached hydrogen (secondary N) is 2. The Balaban J connectivity index is 1.92. The molecule has 2 aromatic rings. The van der Waals surface area contributed by atoms with E-state index in [1.54, 1.807) is 17.5 Å². The fourth-order valence-electron chi connectivity index (χ4n) is 1.62. The summed E-state index contributed by atoms with van der Waals surface area (Å²) in [5.74, 6) is -0.432. The van der Waals surface area contributed by atoms with E-state index in [2.05, 4.69) is 15.6 Å². The number of carbonyl (C=O) groups is 2. The number of thiophene rings is 1. The van der Waals surface area contributed by atoms with Gasteiger partial charge in [0.25, 0.3) is 0 Å². The van der Waals surface area contributed by atoms with E-state index < -0.39 is 0 Å². The molecule has 5 nitrogen and oxygen atoms in total. The molecule has 0 aliphatic rings. The van der Waals surface area contributed by atoms with Crippen LogP contribution < -0.4 is 10.6 Å². The van der Waals surface area contributed by atoms with Gasteiger partial charge in [-0.05, 0) is 29.1 Å². The molecule has 0 aliphatic carbocycles. The molecule has 0 fully saturated rings. The fourth-order valence-corrected chi connectivity index (χ4v) is 2.27. The maximum absolute atomic E-state index is 11.5. The second-order valence-corrected chi connectivity index (χ2v) is 5.03. The standard InChI is InChI=1S/C14H15N3O2S/c1-10(18)16-8-14(19)17-7-11-2-4-15-13(6-11)12-3-5-20-9-12/h2-6,9H,7-8H2,1H3,(H,16,18)(H,17,19). The Hall–Kier alpha value is -2.21. The smallest absolute Gasteiger partial charge is 0.239 e. The Kier molecular flexibility index (Phi) is 4.84. The lowest BCUT2D eigenvalue weighted by Gasteiger charge is -2.06. The highest BCUT2D eigenvalue weighted by Gasteiger charge is 2.04. The molecule has 6 heteroatoms. The van der Waals surface area contributed by atoms with Gasteiger partial charge in [-0.3, -0.25) is 14.6 Å². The second kappa shape index (κ2) is 6.81. The van der Waals surface area contributed by atoms with Crippen LogP contribution in [0.1, 0.15) is 12.5 Å². The van der Waals surface area contributed by atoms with Crippen LogP contribution in [0.4, 0.5) is 0 Å². The SMILES string of the molecule is CC(=O)NCC(=O)NCc1ccnc(-c2ccsc2)c1.